The van der Waals surface area contributed by atoms with E-state index in [9.17, 15) is 9.59 Å². The van der Waals surface area contributed by atoms with Crippen LogP contribution in [0.5, 0.6) is 11.5 Å². The Labute approximate surface area is 212 Å². The molecule has 0 aliphatic carbocycles. The Kier molecular flexibility index (Phi) is 7.88. The molecule has 3 aromatic rings. The van der Waals surface area contributed by atoms with Crippen LogP contribution in [0.3, 0.4) is 0 Å². The Morgan fingerprint density at radius 3 is 2.53 bits per heavy atom. The second kappa shape index (κ2) is 11.0. The molecule has 176 valence electrons. The molecule has 1 fully saturated rings. The summed E-state index contributed by atoms with van der Waals surface area (Å²) in [6.07, 6.45) is 0. The van der Waals surface area contributed by atoms with E-state index in [-0.39, 0.29) is 29.5 Å². The van der Waals surface area contributed by atoms with E-state index in [0.717, 1.165) is 11.3 Å². The van der Waals surface area contributed by atoms with Crippen molar-refractivity contribution in [2.75, 3.05) is 29.2 Å². The van der Waals surface area contributed by atoms with Crippen LogP contribution in [-0.4, -0.2) is 30.8 Å². The van der Waals surface area contributed by atoms with E-state index in [1.165, 1.54) is 11.8 Å². The van der Waals surface area contributed by atoms with Gasteiger partial charge in [-0.25, -0.2) is 0 Å². The number of amides is 2. The summed E-state index contributed by atoms with van der Waals surface area (Å²) in [5.41, 5.74) is 2.21. The fourth-order valence-electron chi connectivity index (χ4n) is 3.54. The first-order chi connectivity index (χ1) is 16.5. The number of rotatable bonds is 8. The Balaban J connectivity index is 1.56. The van der Waals surface area contributed by atoms with Gasteiger partial charge in [0.25, 0.3) is 5.91 Å². The van der Waals surface area contributed by atoms with E-state index >= 15 is 0 Å². The summed E-state index contributed by atoms with van der Waals surface area (Å²) in [6.45, 7) is 1.99. The fraction of sp³-hybridized carbons (Fsp3) is 0.200. The summed E-state index contributed by atoms with van der Waals surface area (Å²) in [5, 5.41) is 3.37. The smallest absolute Gasteiger partial charge is 0.262 e. The summed E-state index contributed by atoms with van der Waals surface area (Å²) >= 11 is 14.1. The van der Waals surface area contributed by atoms with Gasteiger partial charge in [0.2, 0.25) is 5.91 Å². The number of ether oxygens (including phenoxy) is 2. The van der Waals surface area contributed by atoms with Crippen LogP contribution < -0.4 is 19.7 Å². The van der Waals surface area contributed by atoms with Gasteiger partial charge in [-0.3, -0.25) is 14.5 Å². The van der Waals surface area contributed by atoms with E-state index in [1.54, 1.807) is 41.3 Å². The van der Waals surface area contributed by atoms with E-state index in [2.05, 4.69) is 5.32 Å². The topological polar surface area (TPSA) is 67.9 Å². The van der Waals surface area contributed by atoms with E-state index < -0.39 is 0 Å². The number of thioether (sulfide) groups is 1. The molecule has 1 saturated heterocycles. The van der Waals surface area contributed by atoms with Gasteiger partial charge in [0.1, 0.15) is 5.37 Å². The first-order valence-electron chi connectivity index (χ1n) is 10.6. The molecule has 1 N–H and O–H groups in total. The number of carbonyl (C=O) groups is 2. The number of para-hydroxylation sites is 1. The molecule has 9 heteroatoms. The second-order valence-electron chi connectivity index (χ2n) is 7.37. The highest BCUT2D eigenvalue weighted by atomic mass is 35.5. The van der Waals surface area contributed by atoms with Crippen molar-refractivity contribution in [3.8, 4) is 11.5 Å². The fourth-order valence-corrected chi connectivity index (χ4v) is 5.10. The van der Waals surface area contributed by atoms with Crippen molar-refractivity contribution in [1.29, 1.82) is 0 Å². The minimum atomic E-state index is -0.320. The van der Waals surface area contributed by atoms with Crippen molar-refractivity contribution in [2.45, 2.75) is 12.3 Å². The molecule has 1 heterocycles. The molecule has 0 unspecified atom stereocenters. The van der Waals surface area contributed by atoms with Gasteiger partial charge in [-0.2, -0.15) is 0 Å². The lowest BCUT2D eigenvalue weighted by molar-refractivity contribution is -0.118. The lowest BCUT2D eigenvalue weighted by Gasteiger charge is -2.25. The van der Waals surface area contributed by atoms with E-state index in [4.69, 9.17) is 32.7 Å². The molecule has 0 aromatic heterocycles. The van der Waals surface area contributed by atoms with Crippen LogP contribution in [0.25, 0.3) is 0 Å². The predicted octanol–water partition coefficient (Wildman–Crippen LogP) is 6.19. The van der Waals surface area contributed by atoms with Gasteiger partial charge in [-0.15, -0.1) is 11.8 Å². The molecule has 2 amide bonds. The van der Waals surface area contributed by atoms with Crippen LogP contribution in [0, 0.1) is 0 Å². The molecule has 6 nitrogen and oxygen atoms in total. The number of halogens is 2. The van der Waals surface area contributed by atoms with Crippen LogP contribution in [-0.2, 0) is 9.59 Å². The lowest BCUT2D eigenvalue weighted by atomic mass is 10.1. The standard InChI is InChI=1S/C25H22Cl2N2O4S/c1-2-32-21-13-16(25-29(23(31)15-34-25)19-10-8-17(26)9-11-19)12-20(27)24(21)33-14-22(30)28-18-6-4-3-5-7-18/h3-13,25H,2,14-15H2,1H3,(H,28,30)/t25-/m0/s1. The molecule has 0 saturated carbocycles. The molecular formula is C25H22Cl2N2O4S. The quantitative estimate of drug-likeness (QED) is 0.386. The summed E-state index contributed by atoms with van der Waals surface area (Å²) in [6, 6.07) is 19.8. The molecule has 1 atom stereocenters. The number of benzene rings is 3. The van der Waals surface area contributed by atoms with Gasteiger partial charge in [0.05, 0.1) is 17.4 Å². The second-order valence-corrected chi connectivity index (χ2v) is 9.28. The summed E-state index contributed by atoms with van der Waals surface area (Å²) in [4.78, 5) is 26.7. The molecule has 0 bridgehead atoms. The molecule has 34 heavy (non-hydrogen) atoms. The molecule has 1 aliphatic rings. The molecule has 1 aliphatic heterocycles. The number of anilines is 2. The van der Waals surface area contributed by atoms with Gasteiger partial charge < -0.3 is 14.8 Å². The maximum Gasteiger partial charge on any atom is 0.262 e. The minimum absolute atomic E-state index is 0.00989. The Bertz CT molecular complexity index is 1180. The monoisotopic (exact) mass is 516 g/mol. The molecule has 4 rings (SSSR count). The molecular weight excluding hydrogens is 495 g/mol. The highest BCUT2D eigenvalue weighted by Gasteiger charge is 2.35. The first kappa shape index (κ1) is 24.3. The lowest BCUT2D eigenvalue weighted by Crippen LogP contribution is -2.27. The van der Waals surface area contributed by atoms with Crippen molar-refractivity contribution in [1.82, 2.24) is 0 Å². The van der Waals surface area contributed by atoms with Gasteiger partial charge >= 0.3 is 0 Å². The van der Waals surface area contributed by atoms with Crippen LogP contribution in [0.2, 0.25) is 10.0 Å². The molecule has 3 aromatic carbocycles. The van der Waals surface area contributed by atoms with Crippen LogP contribution in [0.1, 0.15) is 17.9 Å². The Hall–Kier alpha value is -2.87. The van der Waals surface area contributed by atoms with Crippen molar-refractivity contribution in [3.05, 3.63) is 82.3 Å². The molecule has 0 radical (unpaired) electrons. The van der Waals surface area contributed by atoms with Crippen LogP contribution in [0.15, 0.2) is 66.7 Å². The van der Waals surface area contributed by atoms with Gasteiger partial charge in [-0.05, 0) is 61.0 Å². The van der Waals surface area contributed by atoms with Gasteiger partial charge in [0, 0.05) is 16.4 Å². The van der Waals surface area contributed by atoms with Crippen LogP contribution in [0.4, 0.5) is 11.4 Å². The predicted molar refractivity (Wildman–Crippen MR) is 137 cm³/mol. The summed E-state index contributed by atoms with van der Waals surface area (Å²) in [5.74, 6) is 0.701. The number of nitrogens with zero attached hydrogens (tertiary/aromatic N) is 1. The maximum atomic E-state index is 12.7. The number of carbonyl (C=O) groups excluding carboxylic acids is 2. The normalized spacial score (nSPS) is 15.3. The average molecular weight is 517 g/mol. The highest BCUT2D eigenvalue weighted by Crippen LogP contribution is 2.46. The van der Waals surface area contributed by atoms with Crippen molar-refractivity contribution in [2.24, 2.45) is 0 Å². The minimum Gasteiger partial charge on any atom is -0.490 e. The number of hydrogen-bond donors (Lipinski definition) is 1. The van der Waals surface area contributed by atoms with Gasteiger partial charge in [-0.1, -0.05) is 41.4 Å². The summed E-state index contributed by atoms with van der Waals surface area (Å²) in [7, 11) is 0. The largest absolute Gasteiger partial charge is 0.490 e. The zero-order chi connectivity index (χ0) is 24.1. The Morgan fingerprint density at radius 1 is 1.09 bits per heavy atom. The van der Waals surface area contributed by atoms with Crippen LogP contribution >= 0.6 is 35.0 Å². The highest BCUT2D eigenvalue weighted by molar-refractivity contribution is 8.00. The SMILES string of the molecule is CCOc1cc([C@@H]2SCC(=O)N2c2ccc(Cl)cc2)cc(Cl)c1OCC(=O)Nc1ccccc1. The van der Waals surface area contributed by atoms with E-state index in [0.29, 0.717) is 33.8 Å². The zero-order valence-electron chi connectivity index (χ0n) is 18.3. The van der Waals surface area contributed by atoms with Crippen molar-refractivity contribution < 1.29 is 19.1 Å². The maximum absolute atomic E-state index is 12.7. The third kappa shape index (κ3) is 5.60. The number of hydrogen-bond acceptors (Lipinski definition) is 5. The van der Waals surface area contributed by atoms with E-state index in [1.807, 2.05) is 37.3 Å². The third-order valence-electron chi connectivity index (χ3n) is 4.99. The molecule has 0 spiro atoms. The zero-order valence-corrected chi connectivity index (χ0v) is 20.6. The first-order valence-corrected chi connectivity index (χ1v) is 12.4. The average Bonchev–Trinajstić information content (AvgIpc) is 3.21. The van der Waals surface area contributed by atoms with Gasteiger partial charge in [0.15, 0.2) is 18.1 Å². The number of nitrogens with one attached hydrogen (secondary N) is 1. The van der Waals surface area contributed by atoms with Crippen molar-refractivity contribution >= 4 is 58.2 Å². The van der Waals surface area contributed by atoms with Crippen molar-refractivity contribution in [3.63, 3.8) is 0 Å². The third-order valence-corrected chi connectivity index (χ3v) is 6.74. The summed E-state index contributed by atoms with van der Waals surface area (Å²) < 4.78 is 11.5. The Morgan fingerprint density at radius 2 is 1.82 bits per heavy atom.